The first kappa shape index (κ1) is 12.1. The van der Waals surface area contributed by atoms with Crippen LogP contribution in [0, 0.1) is 0 Å². The third-order valence-corrected chi connectivity index (χ3v) is 3.39. The van der Waals surface area contributed by atoms with Crippen LogP contribution in [-0.4, -0.2) is 18.0 Å². The lowest BCUT2D eigenvalue weighted by molar-refractivity contribution is -0.123. The molecule has 1 aromatic rings. The molecule has 0 fully saturated rings. The van der Waals surface area contributed by atoms with Gasteiger partial charge >= 0.3 is 0 Å². The van der Waals surface area contributed by atoms with Crippen LogP contribution < -0.4 is 10.6 Å². The van der Waals surface area contributed by atoms with Crippen molar-refractivity contribution >= 4 is 11.6 Å². The van der Waals surface area contributed by atoms with Crippen molar-refractivity contribution in [3.63, 3.8) is 0 Å². The number of anilines is 1. The van der Waals surface area contributed by atoms with Gasteiger partial charge in [0, 0.05) is 12.2 Å². The Hall–Kier alpha value is -1.35. The predicted molar refractivity (Wildman–Crippen MR) is 70.0 cm³/mol. The van der Waals surface area contributed by atoms with E-state index in [4.69, 9.17) is 5.73 Å². The van der Waals surface area contributed by atoms with Crippen molar-refractivity contribution in [1.29, 1.82) is 0 Å². The summed E-state index contributed by atoms with van der Waals surface area (Å²) in [6.45, 7) is 4.64. The van der Waals surface area contributed by atoms with Gasteiger partial charge < -0.3 is 10.6 Å². The number of benzene rings is 1. The minimum absolute atomic E-state index is 0.0456. The minimum Gasteiger partial charge on any atom is -0.318 e. The third kappa shape index (κ3) is 2.20. The average Bonchev–Trinajstić information content (AvgIpc) is 2.71. The van der Waals surface area contributed by atoms with Gasteiger partial charge in [0.25, 0.3) is 0 Å². The van der Waals surface area contributed by atoms with E-state index in [2.05, 4.69) is 13.0 Å². The van der Waals surface area contributed by atoms with E-state index in [1.807, 2.05) is 30.0 Å². The van der Waals surface area contributed by atoms with E-state index in [-0.39, 0.29) is 5.91 Å². The third-order valence-electron chi connectivity index (χ3n) is 3.39. The summed E-state index contributed by atoms with van der Waals surface area (Å²) in [7, 11) is 0. The van der Waals surface area contributed by atoms with Crippen molar-refractivity contribution in [1.82, 2.24) is 0 Å². The zero-order valence-corrected chi connectivity index (χ0v) is 10.6. The Balaban J connectivity index is 2.23. The van der Waals surface area contributed by atoms with E-state index in [0.29, 0.717) is 0 Å². The van der Waals surface area contributed by atoms with E-state index in [1.165, 1.54) is 5.56 Å². The second kappa shape index (κ2) is 4.49. The molecule has 0 spiro atoms. The molecule has 1 atom stereocenters. The molecule has 1 aromatic carbocycles. The highest BCUT2D eigenvalue weighted by Crippen LogP contribution is 2.29. The Morgan fingerprint density at radius 3 is 2.88 bits per heavy atom. The van der Waals surface area contributed by atoms with Crippen molar-refractivity contribution in [3.05, 3.63) is 29.8 Å². The van der Waals surface area contributed by atoms with Crippen LogP contribution in [0.25, 0.3) is 0 Å². The zero-order valence-electron chi connectivity index (χ0n) is 10.6. The fourth-order valence-corrected chi connectivity index (χ4v) is 2.48. The van der Waals surface area contributed by atoms with Gasteiger partial charge in [-0.25, -0.2) is 0 Å². The summed E-state index contributed by atoms with van der Waals surface area (Å²) in [5.74, 6) is 0.0456. The molecule has 17 heavy (non-hydrogen) atoms. The molecular formula is C14H20N2O. The summed E-state index contributed by atoms with van der Waals surface area (Å²) in [5, 5.41) is 0. The van der Waals surface area contributed by atoms with Crippen LogP contribution in [0.1, 0.15) is 32.3 Å². The van der Waals surface area contributed by atoms with Gasteiger partial charge in [0.15, 0.2) is 0 Å². The van der Waals surface area contributed by atoms with Crippen molar-refractivity contribution in [2.45, 2.75) is 38.6 Å². The highest BCUT2D eigenvalue weighted by molar-refractivity contribution is 6.01. The molecule has 92 valence electrons. The molecule has 3 nitrogen and oxygen atoms in total. The first-order chi connectivity index (χ1) is 8.06. The molecule has 0 aliphatic carbocycles. The molecule has 0 saturated heterocycles. The summed E-state index contributed by atoms with van der Waals surface area (Å²) >= 11 is 0. The number of rotatable bonds is 3. The average molecular weight is 232 g/mol. The zero-order chi connectivity index (χ0) is 12.5. The van der Waals surface area contributed by atoms with Crippen LogP contribution >= 0.6 is 0 Å². The second-order valence-corrected chi connectivity index (χ2v) is 5.00. The molecule has 1 heterocycles. The Bertz CT molecular complexity index is 426. The summed E-state index contributed by atoms with van der Waals surface area (Å²) in [6, 6.07) is 8.07. The first-order valence-electron chi connectivity index (χ1n) is 6.25. The number of nitrogens with zero attached hydrogens (tertiary/aromatic N) is 1. The number of hydrogen-bond acceptors (Lipinski definition) is 2. The molecule has 0 radical (unpaired) electrons. The quantitative estimate of drug-likeness (QED) is 0.867. The minimum atomic E-state index is -0.744. The second-order valence-electron chi connectivity index (χ2n) is 5.00. The van der Waals surface area contributed by atoms with E-state index in [1.54, 1.807) is 0 Å². The Morgan fingerprint density at radius 2 is 2.18 bits per heavy atom. The van der Waals surface area contributed by atoms with Crippen LogP contribution in [0.2, 0.25) is 0 Å². The number of carbonyl (C=O) groups excluding carboxylic acids is 1. The van der Waals surface area contributed by atoms with E-state index in [9.17, 15) is 4.79 Å². The molecule has 1 aliphatic heterocycles. The van der Waals surface area contributed by atoms with Crippen LogP contribution in [-0.2, 0) is 11.2 Å². The fraction of sp³-hybridized carbons (Fsp3) is 0.500. The molecule has 0 aromatic heterocycles. The van der Waals surface area contributed by atoms with Crippen LogP contribution in [0.3, 0.4) is 0 Å². The van der Waals surface area contributed by atoms with Crippen molar-refractivity contribution < 1.29 is 4.79 Å². The number of para-hydroxylation sites is 1. The maximum Gasteiger partial charge on any atom is 0.246 e. The Labute approximate surface area is 103 Å². The molecule has 0 bridgehead atoms. The van der Waals surface area contributed by atoms with Crippen molar-refractivity contribution in [2.24, 2.45) is 5.73 Å². The monoisotopic (exact) mass is 232 g/mol. The molecule has 2 N–H and O–H groups in total. The maximum absolute atomic E-state index is 12.4. The van der Waals surface area contributed by atoms with Crippen molar-refractivity contribution in [2.75, 3.05) is 11.4 Å². The largest absolute Gasteiger partial charge is 0.318 e. The number of carbonyl (C=O) groups is 1. The lowest BCUT2D eigenvalue weighted by atomic mass is 9.95. The van der Waals surface area contributed by atoms with Gasteiger partial charge in [-0.05, 0) is 31.4 Å². The van der Waals surface area contributed by atoms with E-state index in [0.717, 1.165) is 31.5 Å². The molecule has 1 unspecified atom stereocenters. The number of nitrogens with two attached hydrogens (primary N) is 1. The molecule has 2 rings (SSSR count). The van der Waals surface area contributed by atoms with E-state index >= 15 is 0 Å². The number of fused-ring (bicyclic) bond motifs is 1. The summed E-state index contributed by atoms with van der Waals surface area (Å²) in [6.07, 6.45) is 2.59. The van der Waals surface area contributed by atoms with Crippen LogP contribution in [0.4, 0.5) is 5.69 Å². The Morgan fingerprint density at radius 1 is 1.47 bits per heavy atom. The SMILES string of the molecule is CCCC(C)(N)C(=O)N1CCc2ccccc21. The smallest absolute Gasteiger partial charge is 0.246 e. The standard InChI is InChI=1S/C14H20N2O/c1-3-9-14(2,15)13(17)16-10-8-11-6-4-5-7-12(11)16/h4-7H,3,8-10,15H2,1-2H3. The molecular weight excluding hydrogens is 212 g/mol. The molecule has 0 saturated carbocycles. The van der Waals surface area contributed by atoms with Crippen LogP contribution in [0.15, 0.2) is 24.3 Å². The predicted octanol–water partition coefficient (Wildman–Crippen LogP) is 2.09. The van der Waals surface area contributed by atoms with Gasteiger partial charge in [-0.1, -0.05) is 31.5 Å². The van der Waals surface area contributed by atoms with Gasteiger partial charge in [0.2, 0.25) is 5.91 Å². The highest BCUT2D eigenvalue weighted by atomic mass is 16.2. The van der Waals surface area contributed by atoms with Gasteiger partial charge in [0.1, 0.15) is 0 Å². The lowest BCUT2D eigenvalue weighted by Crippen LogP contribution is -2.53. The topological polar surface area (TPSA) is 46.3 Å². The van der Waals surface area contributed by atoms with Gasteiger partial charge in [-0.3, -0.25) is 4.79 Å². The summed E-state index contributed by atoms with van der Waals surface area (Å²) in [5.41, 5.74) is 7.65. The Kier molecular flexibility index (Phi) is 3.20. The molecule has 1 amide bonds. The summed E-state index contributed by atoms with van der Waals surface area (Å²) < 4.78 is 0. The van der Waals surface area contributed by atoms with Crippen LogP contribution in [0.5, 0.6) is 0 Å². The molecule has 3 heteroatoms. The van der Waals surface area contributed by atoms with Crippen molar-refractivity contribution in [3.8, 4) is 0 Å². The number of hydrogen-bond donors (Lipinski definition) is 1. The van der Waals surface area contributed by atoms with Gasteiger partial charge in [0.05, 0.1) is 5.54 Å². The first-order valence-corrected chi connectivity index (χ1v) is 6.25. The van der Waals surface area contributed by atoms with Gasteiger partial charge in [-0.2, -0.15) is 0 Å². The summed E-state index contributed by atoms with van der Waals surface area (Å²) in [4.78, 5) is 14.3. The lowest BCUT2D eigenvalue weighted by Gasteiger charge is -2.29. The van der Waals surface area contributed by atoms with E-state index < -0.39 is 5.54 Å². The fourth-order valence-electron chi connectivity index (χ4n) is 2.48. The van der Waals surface area contributed by atoms with Gasteiger partial charge in [-0.15, -0.1) is 0 Å². The normalized spacial score (nSPS) is 17.7. The maximum atomic E-state index is 12.4. The molecule has 1 aliphatic rings. The number of amides is 1. The highest BCUT2D eigenvalue weighted by Gasteiger charge is 2.35.